The van der Waals surface area contributed by atoms with Crippen LogP contribution in [0.15, 0.2) is 35.6 Å². The highest BCUT2D eigenvalue weighted by molar-refractivity contribution is 7.87. The van der Waals surface area contributed by atoms with Crippen LogP contribution in [0.4, 0.5) is 11.5 Å². The van der Waals surface area contributed by atoms with E-state index in [1.54, 1.807) is 0 Å². The van der Waals surface area contributed by atoms with Gasteiger partial charge in [-0.2, -0.15) is 8.42 Å². The van der Waals surface area contributed by atoms with Gasteiger partial charge in [0.15, 0.2) is 0 Å². The number of aryl methyl sites for hydroxylation is 1. The van der Waals surface area contributed by atoms with Gasteiger partial charge in [0.1, 0.15) is 5.75 Å². The lowest BCUT2D eigenvalue weighted by atomic mass is 10.3. The first kappa shape index (κ1) is 15.4. The Bertz CT molecular complexity index is 841. The van der Waals surface area contributed by atoms with Gasteiger partial charge in [0.05, 0.1) is 4.92 Å². The zero-order chi connectivity index (χ0) is 16.5. The Balaban J connectivity index is 2.38. The number of imidazole rings is 1. The quantitative estimate of drug-likeness (QED) is 0.448. The van der Waals surface area contributed by atoms with Crippen molar-refractivity contribution >= 4 is 21.6 Å². The molecule has 2 aromatic rings. The minimum Gasteiger partial charge on any atom is -0.378 e. The topological polar surface area (TPSA) is 147 Å². The Morgan fingerprint density at radius 3 is 2.23 bits per heavy atom. The average Bonchev–Trinajstić information content (AvgIpc) is 2.82. The number of nitro benzene ring substituents is 1. The van der Waals surface area contributed by atoms with E-state index in [4.69, 9.17) is 4.18 Å². The molecule has 2 rings (SSSR count). The maximum Gasteiger partial charge on any atom is 0.404 e. The fraction of sp³-hybridized carbons (Fsp3) is 0.100. The van der Waals surface area contributed by atoms with Crippen LogP contribution >= 0.6 is 0 Å². The normalized spacial score (nSPS) is 11.1. The van der Waals surface area contributed by atoms with Crippen LogP contribution in [0.3, 0.4) is 0 Å². The molecule has 0 amide bonds. The predicted molar refractivity (Wildman–Crippen MR) is 70.8 cm³/mol. The van der Waals surface area contributed by atoms with Gasteiger partial charge < -0.3 is 14.3 Å². The molecule has 0 unspecified atom stereocenters. The summed E-state index contributed by atoms with van der Waals surface area (Å²) in [5, 5.41) is 20.6. The molecule has 0 aliphatic carbocycles. The lowest BCUT2D eigenvalue weighted by molar-refractivity contribution is -0.392. The van der Waals surface area contributed by atoms with Gasteiger partial charge in [0.25, 0.3) is 10.7 Å². The number of hydrogen-bond donors (Lipinski definition) is 0. The average molecular weight is 328 g/mol. The molecule has 0 radical (unpaired) electrons. The van der Waals surface area contributed by atoms with E-state index in [2.05, 4.69) is 4.98 Å². The number of rotatable bonds is 5. The van der Waals surface area contributed by atoms with Crippen molar-refractivity contribution in [2.45, 2.75) is 5.03 Å². The zero-order valence-corrected chi connectivity index (χ0v) is 11.8. The highest BCUT2D eigenvalue weighted by Crippen LogP contribution is 2.26. The molecule has 11 nitrogen and oxygen atoms in total. The Hall–Kier alpha value is -3.02. The predicted octanol–water partition coefficient (Wildman–Crippen LogP) is 1.00. The van der Waals surface area contributed by atoms with Crippen molar-refractivity contribution in [3.63, 3.8) is 0 Å². The Kier molecular flexibility index (Phi) is 3.77. The summed E-state index contributed by atoms with van der Waals surface area (Å²) in [6.45, 7) is 0. The van der Waals surface area contributed by atoms with E-state index in [1.165, 1.54) is 7.05 Å². The van der Waals surface area contributed by atoms with E-state index in [-0.39, 0.29) is 11.4 Å². The number of non-ortho nitro benzene ring substituents is 1. The van der Waals surface area contributed by atoms with Crippen LogP contribution in [-0.4, -0.2) is 27.8 Å². The van der Waals surface area contributed by atoms with Gasteiger partial charge in [0, 0.05) is 19.2 Å². The Morgan fingerprint density at radius 1 is 1.14 bits per heavy atom. The number of hydrogen-bond acceptors (Lipinski definition) is 8. The molecule has 0 spiro atoms. The smallest absolute Gasteiger partial charge is 0.378 e. The van der Waals surface area contributed by atoms with Crippen LogP contribution in [0, 0.1) is 20.2 Å². The maximum atomic E-state index is 12.1. The van der Waals surface area contributed by atoms with Gasteiger partial charge in [-0.3, -0.25) is 14.7 Å². The largest absolute Gasteiger partial charge is 0.404 e. The third-order valence-corrected chi connectivity index (χ3v) is 3.88. The standard InChI is InChI=1S/C10H8N4O7S/c1-12-6-11-9(14(17)18)10(12)22(19,20)21-8-4-2-7(3-5-8)13(15)16/h2-6H,1H3. The summed E-state index contributed by atoms with van der Waals surface area (Å²) in [6, 6.07) is 4.22. The van der Waals surface area contributed by atoms with Crippen LogP contribution in [0.2, 0.25) is 0 Å². The van der Waals surface area contributed by atoms with E-state index in [0.717, 1.165) is 35.2 Å². The fourth-order valence-corrected chi connectivity index (χ4v) is 2.80. The summed E-state index contributed by atoms with van der Waals surface area (Å²) in [4.78, 5) is 23.1. The fourth-order valence-electron chi connectivity index (χ4n) is 1.61. The zero-order valence-electron chi connectivity index (χ0n) is 10.9. The van der Waals surface area contributed by atoms with Crippen molar-refractivity contribution < 1.29 is 22.4 Å². The van der Waals surface area contributed by atoms with E-state index < -0.39 is 30.8 Å². The molecule has 1 aromatic heterocycles. The highest BCUT2D eigenvalue weighted by atomic mass is 32.2. The van der Waals surface area contributed by atoms with Gasteiger partial charge in [-0.25, -0.2) is 0 Å². The van der Waals surface area contributed by atoms with Crippen molar-refractivity contribution in [2.24, 2.45) is 7.05 Å². The van der Waals surface area contributed by atoms with Crippen LogP contribution in [0.25, 0.3) is 0 Å². The summed E-state index contributed by atoms with van der Waals surface area (Å²) >= 11 is 0. The minimum absolute atomic E-state index is 0.221. The van der Waals surface area contributed by atoms with Crippen LogP contribution in [-0.2, 0) is 17.2 Å². The SMILES string of the molecule is Cn1cnc([N+](=O)[O-])c1S(=O)(=O)Oc1ccc([N+](=O)[O-])cc1. The van der Waals surface area contributed by atoms with Crippen molar-refractivity contribution in [2.75, 3.05) is 0 Å². The molecule has 0 aliphatic heterocycles. The van der Waals surface area contributed by atoms with Gasteiger partial charge >= 0.3 is 15.9 Å². The van der Waals surface area contributed by atoms with E-state index in [1.807, 2.05) is 0 Å². The molecule has 0 saturated heterocycles. The third-order valence-electron chi connectivity index (χ3n) is 2.53. The summed E-state index contributed by atoms with van der Waals surface area (Å²) < 4.78 is 29.9. The van der Waals surface area contributed by atoms with E-state index in [0.29, 0.717) is 0 Å². The molecular formula is C10H8N4O7S. The molecule has 0 saturated carbocycles. The first-order chi connectivity index (χ1) is 10.2. The molecule has 0 fully saturated rings. The minimum atomic E-state index is -4.52. The molecule has 1 aromatic carbocycles. The van der Waals surface area contributed by atoms with Crippen molar-refractivity contribution in [1.29, 1.82) is 0 Å². The van der Waals surface area contributed by atoms with E-state index >= 15 is 0 Å². The van der Waals surface area contributed by atoms with Gasteiger partial charge in [0.2, 0.25) is 6.33 Å². The van der Waals surface area contributed by atoms with Crippen molar-refractivity contribution in [3.8, 4) is 5.75 Å². The molecule has 12 heteroatoms. The summed E-state index contributed by atoms with van der Waals surface area (Å²) in [5.74, 6) is -1.09. The lowest BCUT2D eigenvalue weighted by Crippen LogP contribution is -2.15. The molecule has 116 valence electrons. The number of nitrogens with zero attached hydrogens (tertiary/aromatic N) is 4. The maximum absolute atomic E-state index is 12.1. The van der Waals surface area contributed by atoms with Gasteiger partial charge in [-0.15, -0.1) is 0 Å². The lowest BCUT2D eigenvalue weighted by Gasteiger charge is -2.06. The second-order valence-electron chi connectivity index (χ2n) is 4.03. The second kappa shape index (κ2) is 5.40. The summed E-state index contributed by atoms with van der Waals surface area (Å²) in [6.07, 6.45) is 0.963. The molecule has 0 atom stereocenters. The number of aromatic nitrogens is 2. The molecule has 1 heterocycles. The third kappa shape index (κ3) is 2.85. The Morgan fingerprint density at radius 2 is 1.73 bits per heavy atom. The summed E-state index contributed by atoms with van der Waals surface area (Å²) in [7, 11) is -3.26. The molecule has 0 bridgehead atoms. The Labute approximate surface area is 123 Å². The summed E-state index contributed by atoms with van der Waals surface area (Å²) in [5.41, 5.74) is -0.253. The first-order valence-electron chi connectivity index (χ1n) is 5.57. The van der Waals surface area contributed by atoms with Crippen molar-refractivity contribution in [1.82, 2.24) is 9.55 Å². The monoisotopic (exact) mass is 328 g/mol. The first-order valence-corrected chi connectivity index (χ1v) is 6.98. The molecule has 22 heavy (non-hydrogen) atoms. The van der Waals surface area contributed by atoms with Crippen LogP contribution in [0.5, 0.6) is 5.75 Å². The number of benzene rings is 1. The molecule has 0 N–H and O–H groups in total. The van der Waals surface area contributed by atoms with Gasteiger partial charge in [-0.05, 0) is 22.0 Å². The van der Waals surface area contributed by atoms with Crippen molar-refractivity contribution in [3.05, 3.63) is 50.8 Å². The molecule has 0 aliphatic rings. The number of nitro groups is 2. The highest BCUT2D eigenvalue weighted by Gasteiger charge is 2.33. The second-order valence-corrected chi connectivity index (χ2v) is 5.49. The van der Waals surface area contributed by atoms with Gasteiger partial charge in [-0.1, -0.05) is 0 Å². The van der Waals surface area contributed by atoms with Crippen LogP contribution < -0.4 is 4.18 Å². The van der Waals surface area contributed by atoms with E-state index in [9.17, 15) is 28.6 Å². The molecular weight excluding hydrogens is 320 g/mol. The van der Waals surface area contributed by atoms with Crippen LogP contribution in [0.1, 0.15) is 0 Å².